The van der Waals surface area contributed by atoms with Gasteiger partial charge in [-0.1, -0.05) is 17.7 Å². The number of pyridine rings is 1. The lowest BCUT2D eigenvalue weighted by molar-refractivity contribution is -0.385. The highest BCUT2D eigenvalue weighted by Gasteiger charge is 2.13. The van der Waals surface area contributed by atoms with E-state index < -0.39 is 10.9 Å². The Balaban J connectivity index is 2.28. The fourth-order valence-electron chi connectivity index (χ4n) is 1.39. The molecule has 1 aromatic heterocycles. The number of benzene rings is 1. The summed E-state index contributed by atoms with van der Waals surface area (Å²) in [7, 11) is 0. The van der Waals surface area contributed by atoms with Gasteiger partial charge in [0.2, 0.25) is 5.88 Å². The summed E-state index contributed by atoms with van der Waals surface area (Å²) in [4.78, 5) is 24.5. The van der Waals surface area contributed by atoms with Crippen LogP contribution in [0.3, 0.4) is 0 Å². The number of hydrogen-bond donors (Lipinski definition) is 1. The second-order valence-corrected chi connectivity index (χ2v) is 4.08. The summed E-state index contributed by atoms with van der Waals surface area (Å²) in [6, 6.07) is 6.82. The number of halogens is 1. The van der Waals surface area contributed by atoms with E-state index in [1.165, 1.54) is 24.3 Å². The van der Waals surface area contributed by atoms with Gasteiger partial charge in [0.05, 0.1) is 10.5 Å². The Morgan fingerprint density at radius 1 is 1.40 bits per heavy atom. The van der Waals surface area contributed by atoms with Crippen LogP contribution in [0.2, 0.25) is 5.02 Å². The number of aromatic nitrogens is 1. The molecular weight excluding hydrogens is 288 g/mol. The number of nitrogens with zero attached hydrogens (tertiary/aromatic N) is 2. The van der Waals surface area contributed by atoms with Crippen LogP contribution in [-0.4, -0.2) is 21.0 Å². The molecule has 2 aromatic rings. The van der Waals surface area contributed by atoms with Crippen molar-refractivity contribution in [2.75, 3.05) is 0 Å². The van der Waals surface area contributed by atoms with E-state index >= 15 is 0 Å². The minimum Gasteiger partial charge on any atom is -0.478 e. The summed E-state index contributed by atoms with van der Waals surface area (Å²) in [5, 5.41) is 19.4. The standard InChI is InChI=1S/C12H7ClN2O5/c13-10-5-8(15(18)19)6-14-11(10)20-9-3-1-2-7(4-9)12(16)17/h1-6H,(H,16,17). The summed E-state index contributed by atoms with van der Waals surface area (Å²) >= 11 is 5.82. The number of carboxylic acid groups (broad SMARTS) is 1. The summed E-state index contributed by atoms with van der Waals surface area (Å²) in [6.45, 7) is 0. The second-order valence-electron chi connectivity index (χ2n) is 3.67. The zero-order valence-corrected chi connectivity index (χ0v) is 10.6. The molecule has 0 spiro atoms. The minimum absolute atomic E-state index is 0.0417. The first-order valence-corrected chi connectivity index (χ1v) is 5.66. The van der Waals surface area contributed by atoms with Crippen molar-refractivity contribution in [3.05, 3.63) is 57.2 Å². The van der Waals surface area contributed by atoms with Gasteiger partial charge >= 0.3 is 5.97 Å². The molecule has 7 nitrogen and oxygen atoms in total. The van der Waals surface area contributed by atoms with Crippen LogP contribution >= 0.6 is 11.6 Å². The molecule has 0 aliphatic rings. The molecule has 0 atom stereocenters. The van der Waals surface area contributed by atoms with E-state index in [1.807, 2.05) is 0 Å². The molecule has 0 fully saturated rings. The fourth-order valence-corrected chi connectivity index (χ4v) is 1.59. The number of hydrogen-bond acceptors (Lipinski definition) is 5. The first-order valence-electron chi connectivity index (χ1n) is 5.28. The predicted octanol–water partition coefficient (Wildman–Crippen LogP) is 3.13. The molecule has 102 valence electrons. The molecule has 0 aliphatic carbocycles. The van der Waals surface area contributed by atoms with Crippen molar-refractivity contribution >= 4 is 23.3 Å². The average molecular weight is 295 g/mol. The van der Waals surface area contributed by atoms with Crippen LogP contribution in [0.15, 0.2) is 36.5 Å². The molecule has 0 unspecified atom stereocenters. The average Bonchev–Trinajstić information content (AvgIpc) is 2.41. The van der Waals surface area contributed by atoms with Crippen molar-refractivity contribution < 1.29 is 19.6 Å². The molecular formula is C12H7ClN2O5. The molecule has 1 N–H and O–H groups in total. The fraction of sp³-hybridized carbons (Fsp3) is 0. The maximum Gasteiger partial charge on any atom is 0.335 e. The zero-order chi connectivity index (χ0) is 14.7. The highest BCUT2D eigenvalue weighted by atomic mass is 35.5. The lowest BCUT2D eigenvalue weighted by Gasteiger charge is -2.06. The second kappa shape index (κ2) is 5.54. The molecule has 0 amide bonds. The molecule has 1 aromatic carbocycles. The summed E-state index contributed by atoms with van der Waals surface area (Å²) in [5.41, 5.74) is -0.220. The van der Waals surface area contributed by atoms with E-state index in [4.69, 9.17) is 21.4 Å². The van der Waals surface area contributed by atoms with Gasteiger partial charge < -0.3 is 9.84 Å². The van der Waals surface area contributed by atoms with Crippen molar-refractivity contribution in [1.82, 2.24) is 4.98 Å². The van der Waals surface area contributed by atoms with E-state index in [0.717, 1.165) is 12.3 Å². The Kier molecular flexibility index (Phi) is 3.81. The first kappa shape index (κ1) is 13.8. The van der Waals surface area contributed by atoms with Gasteiger partial charge in [0, 0.05) is 6.07 Å². The monoisotopic (exact) mass is 294 g/mol. The van der Waals surface area contributed by atoms with Crippen LogP contribution in [0, 0.1) is 10.1 Å². The van der Waals surface area contributed by atoms with Gasteiger partial charge in [-0.25, -0.2) is 9.78 Å². The van der Waals surface area contributed by atoms with Crippen molar-refractivity contribution in [3.8, 4) is 11.6 Å². The molecule has 8 heteroatoms. The summed E-state index contributed by atoms with van der Waals surface area (Å²) < 4.78 is 5.31. The SMILES string of the molecule is O=C(O)c1cccc(Oc2ncc([N+](=O)[O-])cc2Cl)c1. The Labute approximate surface area is 117 Å². The van der Waals surface area contributed by atoms with Gasteiger partial charge in [-0.05, 0) is 18.2 Å². The van der Waals surface area contributed by atoms with Gasteiger partial charge in [-0.3, -0.25) is 10.1 Å². The Bertz CT molecular complexity index is 689. The smallest absolute Gasteiger partial charge is 0.335 e. The maximum absolute atomic E-state index is 10.8. The third kappa shape index (κ3) is 3.01. The number of nitro groups is 1. The number of aromatic carboxylic acids is 1. The maximum atomic E-state index is 10.8. The van der Waals surface area contributed by atoms with E-state index in [0.29, 0.717) is 0 Å². The van der Waals surface area contributed by atoms with Crippen LogP contribution in [0.4, 0.5) is 5.69 Å². The molecule has 0 aliphatic heterocycles. The number of carbonyl (C=O) groups is 1. The van der Waals surface area contributed by atoms with Crippen molar-refractivity contribution in [2.24, 2.45) is 0 Å². The Morgan fingerprint density at radius 3 is 2.75 bits per heavy atom. The summed E-state index contributed by atoms with van der Waals surface area (Å²) in [6.07, 6.45) is 1.00. The van der Waals surface area contributed by atoms with Crippen LogP contribution in [0.25, 0.3) is 0 Å². The van der Waals surface area contributed by atoms with Crippen molar-refractivity contribution in [2.45, 2.75) is 0 Å². The highest BCUT2D eigenvalue weighted by Crippen LogP contribution is 2.30. The molecule has 20 heavy (non-hydrogen) atoms. The van der Waals surface area contributed by atoms with Crippen LogP contribution in [0.5, 0.6) is 11.6 Å². The molecule has 0 bridgehead atoms. The normalized spacial score (nSPS) is 10.1. The number of ether oxygens (including phenoxy) is 1. The van der Waals surface area contributed by atoms with Crippen LogP contribution in [-0.2, 0) is 0 Å². The largest absolute Gasteiger partial charge is 0.478 e. The van der Waals surface area contributed by atoms with Crippen molar-refractivity contribution in [3.63, 3.8) is 0 Å². The topological polar surface area (TPSA) is 103 Å². The minimum atomic E-state index is -1.10. The van der Waals surface area contributed by atoms with E-state index in [-0.39, 0.29) is 27.9 Å². The zero-order valence-electron chi connectivity index (χ0n) is 9.82. The van der Waals surface area contributed by atoms with Gasteiger partial charge in [-0.2, -0.15) is 0 Å². The molecule has 0 radical (unpaired) electrons. The summed E-state index contributed by atoms with van der Waals surface area (Å²) in [5.74, 6) is -0.925. The van der Waals surface area contributed by atoms with Crippen molar-refractivity contribution in [1.29, 1.82) is 0 Å². The third-order valence-electron chi connectivity index (χ3n) is 2.30. The quantitative estimate of drug-likeness (QED) is 0.686. The van der Waals surface area contributed by atoms with Crippen LogP contribution in [0.1, 0.15) is 10.4 Å². The van der Waals surface area contributed by atoms with Gasteiger partial charge in [-0.15, -0.1) is 0 Å². The number of rotatable bonds is 4. The van der Waals surface area contributed by atoms with Gasteiger partial charge in [0.1, 0.15) is 17.0 Å². The molecule has 2 rings (SSSR count). The lowest BCUT2D eigenvalue weighted by Crippen LogP contribution is -1.97. The Morgan fingerprint density at radius 2 is 2.15 bits per heavy atom. The lowest BCUT2D eigenvalue weighted by atomic mass is 10.2. The molecule has 1 heterocycles. The first-order chi connectivity index (χ1) is 9.47. The van der Waals surface area contributed by atoms with E-state index in [1.54, 1.807) is 0 Å². The van der Waals surface area contributed by atoms with E-state index in [9.17, 15) is 14.9 Å². The van der Waals surface area contributed by atoms with E-state index in [2.05, 4.69) is 4.98 Å². The molecule has 0 saturated heterocycles. The molecule has 0 saturated carbocycles. The third-order valence-corrected chi connectivity index (χ3v) is 2.57. The van der Waals surface area contributed by atoms with Gasteiger partial charge in [0.25, 0.3) is 5.69 Å². The predicted molar refractivity (Wildman–Crippen MR) is 69.4 cm³/mol. The van der Waals surface area contributed by atoms with Crippen LogP contribution < -0.4 is 4.74 Å². The highest BCUT2D eigenvalue weighted by molar-refractivity contribution is 6.32. The Hall–Kier alpha value is -2.67. The number of carboxylic acids is 1. The van der Waals surface area contributed by atoms with Gasteiger partial charge in [0.15, 0.2) is 0 Å².